The maximum atomic E-state index is 5.11. The molecule has 0 aliphatic carbocycles. The summed E-state index contributed by atoms with van der Waals surface area (Å²) in [6.07, 6.45) is 1.69. The highest BCUT2D eigenvalue weighted by Crippen LogP contribution is 2.28. The van der Waals surface area contributed by atoms with Crippen LogP contribution >= 0.6 is 27.7 Å². The molecule has 1 aromatic heterocycles. The molecule has 1 heterocycles. The van der Waals surface area contributed by atoms with Crippen molar-refractivity contribution in [1.29, 1.82) is 0 Å². The summed E-state index contributed by atoms with van der Waals surface area (Å²) < 4.78 is 5.87. The first-order chi connectivity index (χ1) is 7.79. The predicted octanol–water partition coefficient (Wildman–Crippen LogP) is 3.40. The van der Waals surface area contributed by atoms with Crippen molar-refractivity contribution in [3.8, 4) is 5.88 Å². The van der Waals surface area contributed by atoms with Gasteiger partial charge in [0.15, 0.2) is 5.16 Å². The summed E-state index contributed by atoms with van der Waals surface area (Å²) in [6, 6.07) is 9.98. The van der Waals surface area contributed by atoms with E-state index in [1.54, 1.807) is 13.3 Å². The van der Waals surface area contributed by atoms with E-state index in [9.17, 15) is 0 Å². The number of aromatic nitrogens is 2. The van der Waals surface area contributed by atoms with Crippen LogP contribution in [0.5, 0.6) is 5.88 Å². The van der Waals surface area contributed by atoms with Gasteiger partial charge in [0.25, 0.3) is 0 Å². The molecular weight excluding hydrogens is 288 g/mol. The van der Waals surface area contributed by atoms with E-state index >= 15 is 0 Å². The molecule has 0 radical (unpaired) electrons. The second-order valence-electron chi connectivity index (χ2n) is 2.92. The SMILES string of the molecule is COc1nc(Sc2ccccc2)ncc1Br. The fourth-order valence-electron chi connectivity index (χ4n) is 1.12. The molecular formula is C11H9BrN2OS. The molecule has 0 unspecified atom stereocenters. The van der Waals surface area contributed by atoms with Gasteiger partial charge in [-0.2, -0.15) is 4.98 Å². The molecule has 0 saturated heterocycles. The van der Waals surface area contributed by atoms with E-state index in [4.69, 9.17) is 4.74 Å². The molecule has 0 bridgehead atoms. The number of hydrogen-bond acceptors (Lipinski definition) is 4. The summed E-state index contributed by atoms with van der Waals surface area (Å²) in [5.41, 5.74) is 0. The van der Waals surface area contributed by atoms with Crippen molar-refractivity contribution < 1.29 is 4.74 Å². The molecule has 0 aliphatic rings. The first-order valence-electron chi connectivity index (χ1n) is 4.59. The third kappa shape index (κ3) is 2.74. The molecule has 1 aromatic carbocycles. The quantitative estimate of drug-likeness (QED) is 0.813. The van der Waals surface area contributed by atoms with Gasteiger partial charge in [0, 0.05) is 11.1 Å². The van der Waals surface area contributed by atoms with Crippen LogP contribution in [0.25, 0.3) is 0 Å². The van der Waals surface area contributed by atoms with Crippen LogP contribution in [0.4, 0.5) is 0 Å². The van der Waals surface area contributed by atoms with Crippen molar-refractivity contribution in [2.24, 2.45) is 0 Å². The van der Waals surface area contributed by atoms with Crippen LogP contribution in [0, 0.1) is 0 Å². The molecule has 2 rings (SSSR count). The standard InChI is InChI=1S/C11H9BrN2OS/c1-15-10-9(12)7-13-11(14-10)16-8-5-3-2-4-6-8/h2-7H,1H3. The van der Waals surface area contributed by atoms with E-state index in [1.165, 1.54) is 11.8 Å². The Kier molecular flexibility index (Phi) is 3.79. The monoisotopic (exact) mass is 296 g/mol. The molecule has 0 amide bonds. The maximum absolute atomic E-state index is 5.11. The number of methoxy groups -OCH3 is 1. The Morgan fingerprint density at radius 3 is 2.69 bits per heavy atom. The first kappa shape index (κ1) is 11.4. The van der Waals surface area contributed by atoms with E-state index in [-0.39, 0.29) is 0 Å². The number of ether oxygens (including phenoxy) is 1. The van der Waals surface area contributed by atoms with Gasteiger partial charge in [-0.1, -0.05) is 18.2 Å². The molecule has 0 N–H and O–H groups in total. The Balaban J connectivity index is 2.22. The summed E-state index contributed by atoms with van der Waals surface area (Å²) in [5.74, 6) is 0.549. The summed E-state index contributed by atoms with van der Waals surface area (Å²) in [6.45, 7) is 0. The zero-order valence-corrected chi connectivity index (χ0v) is 11.0. The number of rotatable bonds is 3. The van der Waals surface area contributed by atoms with E-state index < -0.39 is 0 Å². The molecule has 5 heteroatoms. The van der Waals surface area contributed by atoms with E-state index in [0.29, 0.717) is 11.0 Å². The third-order valence-electron chi connectivity index (χ3n) is 1.84. The minimum absolute atomic E-state index is 0.549. The Morgan fingerprint density at radius 1 is 1.25 bits per heavy atom. The zero-order valence-electron chi connectivity index (χ0n) is 8.55. The summed E-state index contributed by atoms with van der Waals surface area (Å²) in [4.78, 5) is 9.58. The van der Waals surface area contributed by atoms with Crippen molar-refractivity contribution in [1.82, 2.24) is 9.97 Å². The first-order valence-corrected chi connectivity index (χ1v) is 6.20. The molecule has 0 fully saturated rings. The Hall–Kier alpha value is -1.07. The Labute approximate surface area is 106 Å². The van der Waals surface area contributed by atoms with Gasteiger partial charge in [-0.15, -0.1) is 0 Å². The summed E-state index contributed by atoms with van der Waals surface area (Å²) in [5, 5.41) is 0.672. The molecule has 3 nitrogen and oxygen atoms in total. The molecule has 16 heavy (non-hydrogen) atoms. The van der Waals surface area contributed by atoms with Crippen molar-refractivity contribution in [3.63, 3.8) is 0 Å². The van der Waals surface area contributed by atoms with Crippen molar-refractivity contribution in [3.05, 3.63) is 41.0 Å². The largest absolute Gasteiger partial charge is 0.480 e. The van der Waals surface area contributed by atoms with E-state index in [2.05, 4.69) is 25.9 Å². The lowest BCUT2D eigenvalue weighted by Crippen LogP contribution is -1.93. The van der Waals surface area contributed by atoms with Gasteiger partial charge in [-0.3, -0.25) is 0 Å². The van der Waals surface area contributed by atoms with Gasteiger partial charge in [0.05, 0.1) is 11.6 Å². The highest BCUT2D eigenvalue weighted by atomic mass is 79.9. The van der Waals surface area contributed by atoms with E-state index in [0.717, 1.165) is 9.37 Å². The lowest BCUT2D eigenvalue weighted by atomic mass is 10.4. The van der Waals surface area contributed by atoms with Gasteiger partial charge < -0.3 is 4.74 Å². The fraction of sp³-hybridized carbons (Fsp3) is 0.0909. The van der Waals surface area contributed by atoms with Crippen LogP contribution in [0.15, 0.2) is 51.1 Å². The van der Waals surface area contributed by atoms with Crippen LogP contribution in [0.2, 0.25) is 0 Å². The second-order valence-corrected chi connectivity index (χ2v) is 4.82. The smallest absolute Gasteiger partial charge is 0.231 e. The minimum Gasteiger partial charge on any atom is -0.480 e. The highest BCUT2D eigenvalue weighted by Gasteiger charge is 2.06. The third-order valence-corrected chi connectivity index (χ3v) is 3.27. The maximum Gasteiger partial charge on any atom is 0.231 e. The van der Waals surface area contributed by atoms with Gasteiger partial charge in [-0.25, -0.2) is 4.98 Å². The number of nitrogens with zero attached hydrogens (tertiary/aromatic N) is 2. The van der Waals surface area contributed by atoms with Crippen molar-refractivity contribution in [2.75, 3.05) is 7.11 Å². The van der Waals surface area contributed by atoms with Gasteiger partial charge >= 0.3 is 0 Å². The number of benzene rings is 1. The van der Waals surface area contributed by atoms with Crippen LogP contribution in [0.1, 0.15) is 0 Å². The van der Waals surface area contributed by atoms with Crippen LogP contribution < -0.4 is 4.74 Å². The number of hydrogen-bond donors (Lipinski definition) is 0. The Morgan fingerprint density at radius 2 is 2.00 bits per heavy atom. The topological polar surface area (TPSA) is 35.0 Å². The normalized spacial score (nSPS) is 10.1. The second kappa shape index (κ2) is 5.32. The van der Waals surface area contributed by atoms with Crippen LogP contribution in [-0.4, -0.2) is 17.1 Å². The van der Waals surface area contributed by atoms with Gasteiger partial charge in [0.1, 0.15) is 0 Å². The molecule has 0 aliphatic heterocycles. The summed E-state index contributed by atoms with van der Waals surface area (Å²) >= 11 is 4.82. The lowest BCUT2D eigenvalue weighted by Gasteiger charge is -2.04. The highest BCUT2D eigenvalue weighted by molar-refractivity contribution is 9.10. The molecule has 82 valence electrons. The molecule has 2 aromatic rings. The zero-order chi connectivity index (χ0) is 11.4. The van der Waals surface area contributed by atoms with Gasteiger partial charge in [0.2, 0.25) is 5.88 Å². The average Bonchev–Trinajstić information content (AvgIpc) is 2.33. The lowest BCUT2D eigenvalue weighted by molar-refractivity contribution is 0.389. The molecule has 0 saturated carbocycles. The van der Waals surface area contributed by atoms with Crippen molar-refractivity contribution in [2.45, 2.75) is 10.1 Å². The number of halogens is 1. The summed E-state index contributed by atoms with van der Waals surface area (Å²) in [7, 11) is 1.59. The molecule has 0 spiro atoms. The predicted molar refractivity (Wildman–Crippen MR) is 66.8 cm³/mol. The minimum atomic E-state index is 0.549. The average molecular weight is 297 g/mol. The fourth-order valence-corrected chi connectivity index (χ4v) is 2.21. The van der Waals surface area contributed by atoms with Crippen molar-refractivity contribution >= 4 is 27.7 Å². The molecule has 0 atom stereocenters. The Bertz CT molecular complexity index is 479. The van der Waals surface area contributed by atoms with Gasteiger partial charge in [-0.05, 0) is 39.8 Å². The van der Waals surface area contributed by atoms with Crippen LogP contribution in [0.3, 0.4) is 0 Å². The van der Waals surface area contributed by atoms with E-state index in [1.807, 2.05) is 30.3 Å². The van der Waals surface area contributed by atoms with Crippen LogP contribution in [-0.2, 0) is 0 Å².